The summed E-state index contributed by atoms with van der Waals surface area (Å²) < 4.78 is 42.9. The normalized spacial score (nSPS) is 18.0. The number of nitrogens with zero attached hydrogens (tertiary/aromatic N) is 2. The highest BCUT2D eigenvalue weighted by molar-refractivity contribution is 7.90. The van der Waals surface area contributed by atoms with Crippen molar-refractivity contribution in [2.45, 2.75) is 38.6 Å². The maximum Gasteiger partial charge on any atom is 0.301 e. The van der Waals surface area contributed by atoms with Gasteiger partial charge in [0.2, 0.25) is 0 Å². The van der Waals surface area contributed by atoms with Gasteiger partial charge in [-0.3, -0.25) is 4.72 Å². The van der Waals surface area contributed by atoms with Crippen LogP contribution >= 0.6 is 0 Å². The Morgan fingerprint density at radius 2 is 1.64 bits per heavy atom. The van der Waals surface area contributed by atoms with Crippen LogP contribution < -0.4 is 9.62 Å². The fraction of sp³-hybridized carbons (Fsp3) is 0.429. The minimum Gasteiger partial charge on any atom is -0.367 e. The van der Waals surface area contributed by atoms with Crippen molar-refractivity contribution in [3.05, 3.63) is 59.4 Å². The molecule has 0 aliphatic carbocycles. The summed E-state index contributed by atoms with van der Waals surface area (Å²) in [5.41, 5.74) is 3.92. The first-order valence-electron chi connectivity index (χ1n) is 9.91. The maximum absolute atomic E-state index is 13.1. The van der Waals surface area contributed by atoms with E-state index in [-0.39, 0.29) is 5.82 Å². The van der Waals surface area contributed by atoms with Gasteiger partial charge in [-0.25, -0.2) is 4.39 Å². The molecule has 2 aliphatic heterocycles. The SMILES string of the molecule is O=S(=O)(Nc1ccc2c(c1)CCN2Cc1ccc(F)cc1)N1CCCCCC1. The molecule has 2 aliphatic rings. The molecule has 0 spiro atoms. The zero-order valence-electron chi connectivity index (χ0n) is 15.9. The lowest BCUT2D eigenvalue weighted by molar-refractivity contribution is 0.427. The molecule has 0 amide bonds. The predicted octanol–water partition coefficient (Wildman–Crippen LogP) is 3.92. The fourth-order valence-electron chi connectivity index (χ4n) is 4.00. The Labute approximate surface area is 166 Å². The topological polar surface area (TPSA) is 52.7 Å². The molecule has 0 bridgehead atoms. The minimum atomic E-state index is -3.51. The van der Waals surface area contributed by atoms with E-state index in [4.69, 9.17) is 0 Å². The Hall–Kier alpha value is -2.12. The molecule has 2 heterocycles. The standard InChI is InChI=1S/C21H26FN3O2S/c22-19-7-5-17(6-8-19)16-24-14-11-18-15-20(9-10-21(18)24)23-28(26,27)25-12-3-1-2-4-13-25/h5-10,15,23H,1-4,11-14,16H2. The highest BCUT2D eigenvalue weighted by Crippen LogP contribution is 2.32. The van der Waals surface area contributed by atoms with Crippen molar-refractivity contribution in [2.24, 2.45) is 0 Å². The van der Waals surface area contributed by atoms with Gasteiger partial charge in [-0.1, -0.05) is 25.0 Å². The summed E-state index contributed by atoms with van der Waals surface area (Å²) >= 11 is 0. The van der Waals surface area contributed by atoms with E-state index in [9.17, 15) is 12.8 Å². The molecule has 2 aromatic carbocycles. The zero-order valence-corrected chi connectivity index (χ0v) is 16.7. The number of nitrogens with one attached hydrogen (secondary N) is 1. The molecular formula is C21H26FN3O2S. The second-order valence-electron chi connectivity index (χ2n) is 7.56. The molecule has 5 nitrogen and oxygen atoms in total. The summed E-state index contributed by atoms with van der Waals surface area (Å²) in [6.45, 7) is 2.76. The van der Waals surface area contributed by atoms with Gasteiger partial charge < -0.3 is 4.90 Å². The quantitative estimate of drug-likeness (QED) is 0.823. The average molecular weight is 404 g/mol. The lowest BCUT2D eigenvalue weighted by Crippen LogP contribution is -2.36. The van der Waals surface area contributed by atoms with E-state index < -0.39 is 10.2 Å². The molecule has 1 N–H and O–H groups in total. The Morgan fingerprint density at radius 3 is 2.36 bits per heavy atom. The maximum atomic E-state index is 13.1. The number of rotatable bonds is 5. The van der Waals surface area contributed by atoms with E-state index in [2.05, 4.69) is 9.62 Å². The number of halogens is 1. The lowest BCUT2D eigenvalue weighted by atomic mass is 10.1. The van der Waals surface area contributed by atoms with Gasteiger partial charge in [-0.2, -0.15) is 12.7 Å². The van der Waals surface area contributed by atoms with Gasteiger partial charge in [0.05, 0.1) is 5.69 Å². The molecule has 4 rings (SSSR count). The molecule has 1 fully saturated rings. The second kappa shape index (κ2) is 8.09. The molecule has 7 heteroatoms. The molecule has 0 unspecified atom stereocenters. The van der Waals surface area contributed by atoms with Crippen LogP contribution in [0.5, 0.6) is 0 Å². The summed E-state index contributed by atoms with van der Waals surface area (Å²) in [5.74, 6) is -0.230. The summed E-state index contributed by atoms with van der Waals surface area (Å²) in [4.78, 5) is 2.25. The Morgan fingerprint density at radius 1 is 0.929 bits per heavy atom. The van der Waals surface area contributed by atoms with Gasteiger partial charge in [-0.15, -0.1) is 0 Å². The van der Waals surface area contributed by atoms with Crippen LogP contribution in [0.3, 0.4) is 0 Å². The lowest BCUT2D eigenvalue weighted by Gasteiger charge is -2.22. The third kappa shape index (κ3) is 4.31. The van der Waals surface area contributed by atoms with Crippen molar-refractivity contribution < 1.29 is 12.8 Å². The number of benzene rings is 2. The van der Waals surface area contributed by atoms with Gasteiger partial charge >= 0.3 is 10.2 Å². The van der Waals surface area contributed by atoms with E-state index in [0.717, 1.165) is 55.5 Å². The summed E-state index contributed by atoms with van der Waals surface area (Å²) in [5, 5.41) is 0. The monoisotopic (exact) mass is 403 g/mol. The highest BCUT2D eigenvalue weighted by atomic mass is 32.2. The number of hydrogen-bond donors (Lipinski definition) is 1. The van der Waals surface area contributed by atoms with Gasteiger partial charge in [0.15, 0.2) is 0 Å². The van der Waals surface area contributed by atoms with E-state index >= 15 is 0 Å². The molecule has 2 aromatic rings. The molecule has 28 heavy (non-hydrogen) atoms. The van der Waals surface area contributed by atoms with Crippen LogP contribution in [0.2, 0.25) is 0 Å². The van der Waals surface area contributed by atoms with E-state index in [1.165, 1.54) is 12.1 Å². The highest BCUT2D eigenvalue weighted by Gasteiger charge is 2.24. The first kappa shape index (κ1) is 19.2. The van der Waals surface area contributed by atoms with Crippen LogP contribution in [-0.2, 0) is 23.2 Å². The van der Waals surface area contributed by atoms with Crippen molar-refractivity contribution in [2.75, 3.05) is 29.3 Å². The van der Waals surface area contributed by atoms with Gasteiger partial charge in [0.1, 0.15) is 5.82 Å². The van der Waals surface area contributed by atoms with Gasteiger partial charge in [-0.05, 0) is 60.7 Å². The molecule has 0 radical (unpaired) electrons. The third-order valence-corrected chi connectivity index (χ3v) is 7.05. The van der Waals surface area contributed by atoms with Crippen molar-refractivity contribution in [1.82, 2.24) is 4.31 Å². The summed E-state index contributed by atoms with van der Waals surface area (Å²) in [6, 6.07) is 12.3. The Kier molecular flexibility index (Phi) is 5.55. The van der Waals surface area contributed by atoms with Crippen LogP contribution in [-0.4, -0.2) is 32.4 Å². The van der Waals surface area contributed by atoms with Crippen LogP contribution in [0.25, 0.3) is 0 Å². The van der Waals surface area contributed by atoms with Crippen LogP contribution in [0.4, 0.5) is 15.8 Å². The predicted molar refractivity (Wildman–Crippen MR) is 110 cm³/mol. The van der Waals surface area contributed by atoms with Crippen molar-refractivity contribution in [1.29, 1.82) is 0 Å². The van der Waals surface area contributed by atoms with E-state index in [1.54, 1.807) is 16.4 Å². The Bertz CT molecular complexity index is 923. The van der Waals surface area contributed by atoms with Crippen LogP contribution in [0.1, 0.15) is 36.8 Å². The molecule has 0 aromatic heterocycles. The fourth-order valence-corrected chi connectivity index (χ4v) is 5.30. The number of fused-ring (bicyclic) bond motifs is 1. The zero-order chi connectivity index (χ0) is 19.6. The number of anilines is 2. The van der Waals surface area contributed by atoms with Gasteiger partial charge in [0.25, 0.3) is 0 Å². The molecule has 1 saturated heterocycles. The van der Waals surface area contributed by atoms with Crippen LogP contribution in [0.15, 0.2) is 42.5 Å². The first-order valence-corrected chi connectivity index (χ1v) is 11.4. The second-order valence-corrected chi connectivity index (χ2v) is 9.23. The van der Waals surface area contributed by atoms with E-state index in [1.807, 2.05) is 18.2 Å². The summed E-state index contributed by atoms with van der Waals surface area (Å²) in [7, 11) is -3.51. The summed E-state index contributed by atoms with van der Waals surface area (Å²) in [6.07, 6.45) is 4.90. The van der Waals surface area contributed by atoms with E-state index in [0.29, 0.717) is 25.3 Å². The Balaban J connectivity index is 1.46. The van der Waals surface area contributed by atoms with Crippen molar-refractivity contribution >= 4 is 21.6 Å². The van der Waals surface area contributed by atoms with Crippen molar-refractivity contribution in [3.8, 4) is 0 Å². The molecule has 0 atom stereocenters. The molecule has 150 valence electrons. The van der Waals surface area contributed by atoms with Gasteiger partial charge in [0, 0.05) is 31.9 Å². The average Bonchev–Trinajstić information content (AvgIpc) is 2.88. The minimum absolute atomic E-state index is 0.230. The smallest absolute Gasteiger partial charge is 0.301 e. The first-order chi connectivity index (χ1) is 13.5. The molecular weight excluding hydrogens is 377 g/mol. The van der Waals surface area contributed by atoms with Crippen LogP contribution in [0, 0.1) is 5.82 Å². The number of hydrogen-bond acceptors (Lipinski definition) is 3. The van der Waals surface area contributed by atoms with Crippen molar-refractivity contribution in [3.63, 3.8) is 0 Å². The third-order valence-electron chi connectivity index (χ3n) is 5.51. The molecule has 0 saturated carbocycles. The largest absolute Gasteiger partial charge is 0.367 e.